The van der Waals surface area contributed by atoms with Gasteiger partial charge in [0.15, 0.2) is 0 Å². The smallest absolute Gasteiger partial charge is 0.270 e. The van der Waals surface area contributed by atoms with Crippen LogP contribution in [0.4, 0.5) is 11.4 Å². The van der Waals surface area contributed by atoms with Gasteiger partial charge in [-0.25, -0.2) is 0 Å². The molecule has 0 aliphatic heterocycles. The maximum Gasteiger partial charge on any atom is 0.270 e. The number of nitrogens with zero attached hydrogens (tertiary/aromatic N) is 1. The highest BCUT2D eigenvalue weighted by Crippen LogP contribution is 2.16. The minimum Gasteiger partial charge on any atom is -0.350 e. The summed E-state index contributed by atoms with van der Waals surface area (Å²) in [6.07, 6.45) is 2.73. The van der Waals surface area contributed by atoms with Crippen molar-refractivity contribution in [1.82, 2.24) is 5.32 Å². The largest absolute Gasteiger partial charge is 0.350 e. The number of nitrogens with one attached hydrogen (secondary N) is 2. The molecule has 2 aromatic rings. The Balaban J connectivity index is 2.12. The average Bonchev–Trinajstić information content (AvgIpc) is 2.60. The van der Waals surface area contributed by atoms with E-state index in [2.05, 4.69) is 10.6 Å². The van der Waals surface area contributed by atoms with Gasteiger partial charge in [-0.3, -0.25) is 19.7 Å². The molecule has 0 heterocycles. The van der Waals surface area contributed by atoms with Gasteiger partial charge in [-0.05, 0) is 37.6 Å². The number of hydrogen-bond acceptors (Lipinski definition) is 4. The highest BCUT2D eigenvalue weighted by atomic mass is 16.6. The second-order valence-corrected chi connectivity index (χ2v) is 5.85. The summed E-state index contributed by atoms with van der Waals surface area (Å²) in [5.41, 5.74) is 1.22. The molecule has 2 aromatic carbocycles. The number of benzene rings is 2. The first-order valence-electron chi connectivity index (χ1n) is 8.00. The Morgan fingerprint density at radius 3 is 2.54 bits per heavy atom. The van der Waals surface area contributed by atoms with Crippen molar-refractivity contribution < 1.29 is 14.5 Å². The molecule has 7 heteroatoms. The summed E-state index contributed by atoms with van der Waals surface area (Å²) in [6.45, 7) is 3.70. The van der Waals surface area contributed by atoms with E-state index in [4.69, 9.17) is 0 Å². The van der Waals surface area contributed by atoms with Crippen LogP contribution >= 0.6 is 0 Å². The van der Waals surface area contributed by atoms with E-state index in [1.165, 1.54) is 24.3 Å². The Bertz CT molecular complexity index is 859. The molecule has 2 N–H and O–H groups in total. The van der Waals surface area contributed by atoms with Gasteiger partial charge in [0, 0.05) is 24.3 Å². The van der Waals surface area contributed by atoms with Gasteiger partial charge < -0.3 is 10.6 Å². The first-order valence-corrected chi connectivity index (χ1v) is 8.00. The summed E-state index contributed by atoms with van der Waals surface area (Å²) in [5.74, 6) is -0.722. The Morgan fingerprint density at radius 1 is 1.12 bits per heavy atom. The van der Waals surface area contributed by atoms with Gasteiger partial charge in [0.25, 0.3) is 11.6 Å². The average molecular weight is 353 g/mol. The van der Waals surface area contributed by atoms with Crippen LogP contribution in [-0.4, -0.2) is 22.8 Å². The SMILES string of the molecule is CC(C)NC(=O)c1ccccc1NC(=O)C=Cc1cccc([N+](=O)[O-])c1. The van der Waals surface area contributed by atoms with Crippen molar-refractivity contribution in [2.24, 2.45) is 0 Å². The van der Waals surface area contributed by atoms with E-state index in [-0.39, 0.29) is 17.6 Å². The van der Waals surface area contributed by atoms with Gasteiger partial charge in [0.05, 0.1) is 16.2 Å². The van der Waals surface area contributed by atoms with E-state index in [1.807, 2.05) is 13.8 Å². The lowest BCUT2D eigenvalue weighted by Crippen LogP contribution is -2.30. The van der Waals surface area contributed by atoms with E-state index in [9.17, 15) is 19.7 Å². The number of para-hydroxylation sites is 1. The van der Waals surface area contributed by atoms with Crippen LogP contribution in [0.5, 0.6) is 0 Å². The van der Waals surface area contributed by atoms with Gasteiger partial charge in [0.2, 0.25) is 5.91 Å². The molecule has 0 saturated carbocycles. The fourth-order valence-electron chi connectivity index (χ4n) is 2.22. The third-order valence-electron chi connectivity index (χ3n) is 3.36. The predicted octanol–water partition coefficient (Wildman–Crippen LogP) is 3.38. The number of nitro groups is 1. The first-order chi connectivity index (χ1) is 12.4. The number of carbonyl (C=O) groups is 2. The van der Waals surface area contributed by atoms with Gasteiger partial charge in [-0.2, -0.15) is 0 Å². The molecule has 0 aliphatic carbocycles. The Hall–Kier alpha value is -3.48. The van der Waals surface area contributed by atoms with Gasteiger partial charge in [0.1, 0.15) is 0 Å². The van der Waals surface area contributed by atoms with Crippen molar-refractivity contribution in [3.8, 4) is 0 Å². The molecule has 0 aliphatic rings. The minimum absolute atomic E-state index is 0.0278. The van der Waals surface area contributed by atoms with Crippen LogP contribution in [0.3, 0.4) is 0 Å². The summed E-state index contributed by atoms with van der Waals surface area (Å²) < 4.78 is 0. The fraction of sp³-hybridized carbons (Fsp3) is 0.158. The highest BCUT2D eigenvalue weighted by molar-refractivity contribution is 6.07. The van der Waals surface area contributed by atoms with Crippen LogP contribution in [0.2, 0.25) is 0 Å². The lowest BCUT2D eigenvalue weighted by atomic mass is 10.1. The lowest BCUT2D eigenvalue weighted by molar-refractivity contribution is -0.384. The monoisotopic (exact) mass is 353 g/mol. The maximum absolute atomic E-state index is 12.2. The van der Waals surface area contributed by atoms with E-state index >= 15 is 0 Å². The predicted molar refractivity (Wildman–Crippen MR) is 99.8 cm³/mol. The van der Waals surface area contributed by atoms with E-state index in [0.717, 1.165) is 0 Å². The van der Waals surface area contributed by atoms with Crippen LogP contribution in [0.15, 0.2) is 54.6 Å². The van der Waals surface area contributed by atoms with Crippen molar-refractivity contribution in [2.75, 3.05) is 5.32 Å². The van der Waals surface area contributed by atoms with Crippen molar-refractivity contribution >= 4 is 29.3 Å². The summed E-state index contributed by atoms with van der Waals surface area (Å²) in [7, 11) is 0. The van der Waals surface area contributed by atoms with Crippen molar-refractivity contribution in [3.05, 3.63) is 75.8 Å². The molecule has 0 saturated heterocycles. The molecule has 0 unspecified atom stereocenters. The molecule has 7 nitrogen and oxygen atoms in total. The number of nitro benzene ring substituents is 1. The Kier molecular flexibility index (Phi) is 6.21. The molecule has 0 radical (unpaired) electrons. The molecule has 26 heavy (non-hydrogen) atoms. The van der Waals surface area contributed by atoms with Crippen molar-refractivity contribution in [3.63, 3.8) is 0 Å². The second-order valence-electron chi connectivity index (χ2n) is 5.85. The lowest BCUT2D eigenvalue weighted by Gasteiger charge is -2.12. The zero-order valence-electron chi connectivity index (χ0n) is 14.4. The summed E-state index contributed by atoms with van der Waals surface area (Å²) in [4.78, 5) is 34.6. The van der Waals surface area contributed by atoms with E-state index in [1.54, 1.807) is 36.4 Å². The molecule has 2 amide bonds. The number of amides is 2. The zero-order chi connectivity index (χ0) is 19.1. The number of non-ortho nitro benzene ring substituents is 1. The zero-order valence-corrected chi connectivity index (χ0v) is 14.4. The highest BCUT2D eigenvalue weighted by Gasteiger charge is 2.13. The number of hydrogen-bond donors (Lipinski definition) is 2. The normalized spacial score (nSPS) is 10.7. The summed E-state index contributed by atoms with van der Waals surface area (Å²) in [5, 5.41) is 16.2. The number of carbonyl (C=O) groups excluding carboxylic acids is 2. The van der Waals surface area contributed by atoms with Gasteiger partial charge in [-0.1, -0.05) is 24.3 Å². The number of anilines is 1. The molecule has 0 aromatic heterocycles. The fourth-order valence-corrected chi connectivity index (χ4v) is 2.22. The van der Waals surface area contributed by atoms with E-state index in [0.29, 0.717) is 16.8 Å². The Morgan fingerprint density at radius 2 is 1.85 bits per heavy atom. The van der Waals surface area contributed by atoms with E-state index < -0.39 is 10.8 Å². The Labute approximate surface area is 150 Å². The molecular formula is C19H19N3O4. The van der Waals surface area contributed by atoms with Gasteiger partial charge in [-0.15, -0.1) is 0 Å². The van der Waals surface area contributed by atoms with Crippen molar-refractivity contribution in [2.45, 2.75) is 19.9 Å². The molecule has 0 fully saturated rings. The molecule has 0 spiro atoms. The maximum atomic E-state index is 12.2. The molecule has 0 bridgehead atoms. The standard InChI is InChI=1S/C19H19N3O4/c1-13(2)20-19(24)16-8-3-4-9-17(16)21-18(23)11-10-14-6-5-7-15(12-14)22(25)26/h3-13H,1-2H3,(H,20,24)(H,21,23). The van der Waals surface area contributed by atoms with Crippen LogP contribution in [0.1, 0.15) is 29.8 Å². The minimum atomic E-state index is -0.499. The van der Waals surface area contributed by atoms with Gasteiger partial charge >= 0.3 is 0 Å². The first kappa shape index (κ1) is 18.9. The third-order valence-corrected chi connectivity index (χ3v) is 3.36. The molecule has 0 atom stereocenters. The van der Waals surface area contributed by atoms with Crippen LogP contribution < -0.4 is 10.6 Å². The topological polar surface area (TPSA) is 101 Å². The molecular weight excluding hydrogens is 334 g/mol. The molecule has 2 rings (SSSR count). The van der Waals surface area contributed by atoms with Crippen LogP contribution in [0, 0.1) is 10.1 Å². The summed E-state index contributed by atoms with van der Waals surface area (Å²) >= 11 is 0. The second kappa shape index (κ2) is 8.57. The molecule has 134 valence electrons. The van der Waals surface area contributed by atoms with Crippen LogP contribution in [-0.2, 0) is 4.79 Å². The summed E-state index contributed by atoms with van der Waals surface area (Å²) in [6, 6.07) is 12.6. The quantitative estimate of drug-likeness (QED) is 0.472. The van der Waals surface area contributed by atoms with Crippen molar-refractivity contribution in [1.29, 1.82) is 0 Å². The van der Waals surface area contributed by atoms with Crippen LogP contribution in [0.25, 0.3) is 6.08 Å². The third kappa shape index (κ3) is 5.27. The number of rotatable bonds is 6.